The van der Waals surface area contributed by atoms with Gasteiger partial charge in [0.2, 0.25) is 0 Å². The summed E-state index contributed by atoms with van der Waals surface area (Å²) in [6.45, 7) is 0.506. The highest BCUT2D eigenvalue weighted by atomic mass is 35.5. The van der Waals surface area contributed by atoms with Gasteiger partial charge in [-0.3, -0.25) is 0 Å². The highest BCUT2D eigenvalue weighted by Crippen LogP contribution is 2.31. The zero-order valence-corrected chi connectivity index (χ0v) is 9.51. The zero-order chi connectivity index (χ0) is 11.0. The number of nitrogens with two attached hydrogens (primary N) is 1. The number of nitrogens with zero attached hydrogens (tertiary/aromatic N) is 1. The third-order valence-electron chi connectivity index (χ3n) is 2.62. The predicted octanol–water partition coefficient (Wildman–Crippen LogP) is 2.30. The molecule has 0 saturated carbocycles. The highest BCUT2D eigenvalue weighted by Gasteiger charge is 2.10. The molecule has 2 aromatic rings. The predicted molar refractivity (Wildman–Crippen MR) is 62.4 cm³/mol. The molecule has 1 aromatic carbocycles. The monoisotopic (exact) mass is 224 g/mol. The number of hydrogen-bond donors (Lipinski definition) is 1. The minimum Gasteiger partial charge on any atom is -0.496 e. The van der Waals surface area contributed by atoms with Gasteiger partial charge in [-0.2, -0.15) is 0 Å². The van der Waals surface area contributed by atoms with Crippen LogP contribution in [0, 0.1) is 0 Å². The summed E-state index contributed by atoms with van der Waals surface area (Å²) in [5.74, 6) is 0.785. The van der Waals surface area contributed by atoms with Gasteiger partial charge in [-0.05, 0) is 18.2 Å². The molecule has 1 aromatic heterocycles. The van der Waals surface area contributed by atoms with Gasteiger partial charge < -0.3 is 15.0 Å². The third-order valence-corrected chi connectivity index (χ3v) is 2.84. The fourth-order valence-corrected chi connectivity index (χ4v) is 1.99. The maximum absolute atomic E-state index is 6.00. The Kier molecular flexibility index (Phi) is 2.59. The molecular weight excluding hydrogens is 212 g/mol. The average molecular weight is 225 g/mol. The highest BCUT2D eigenvalue weighted by molar-refractivity contribution is 6.31. The van der Waals surface area contributed by atoms with Gasteiger partial charge in [-0.15, -0.1) is 0 Å². The number of rotatable bonds is 2. The summed E-state index contributed by atoms with van der Waals surface area (Å²) in [6, 6.07) is 5.76. The first kappa shape index (κ1) is 10.3. The van der Waals surface area contributed by atoms with Crippen molar-refractivity contribution in [3.8, 4) is 5.75 Å². The quantitative estimate of drug-likeness (QED) is 0.851. The lowest BCUT2D eigenvalue weighted by molar-refractivity contribution is 0.420. The Labute approximate surface area is 93.4 Å². The summed E-state index contributed by atoms with van der Waals surface area (Å²) >= 11 is 6.00. The van der Waals surface area contributed by atoms with Gasteiger partial charge in [0, 0.05) is 29.7 Å². The van der Waals surface area contributed by atoms with Gasteiger partial charge in [-0.1, -0.05) is 11.6 Å². The molecule has 0 aliphatic rings. The molecule has 3 nitrogen and oxygen atoms in total. The number of benzene rings is 1. The van der Waals surface area contributed by atoms with E-state index in [2.05, 4.69) is 0 Å². The number of aromatic nitrogens is 1. The van der Waals surface area contributed by atoms with E-state index in [0.717, 1.165) is 22.3 Å². The van der Waals surface area contributed by atoms with Crippen molar-refractivity contribution in [1.29, 1.82) is 0 Å². The van der Waals surface area contributed by atoms with Gasteiger partial charge in [0.25, 0.3) is 0 Å². The summed E-state index contributed by atoms with van der Waals surface area (Å²) < 4.78 is 7.31. The second-order valence-corrected chi connectivity index (χ2v) is 3.88. The van der Waals surface area contributed by atoms with E-state index in [0.29, 0.717) is 11.6 Å². The minimum atomic E-state index is 0.506. The molecule has 0 spiro atoms. The largest absolute Gasteiger partial charge is 0.496 e. The van der Waals surface area contributed by atoms with E-state index in [1.807, 2.05) is 29.8 Å². The maximum atomic E-state index is 6.00. The van der Waals surface area contributed by atoms with Crippen molar-refractivity contribution in [2.75, 3.05) is 7.11 Å². The molecule has 4 heteroatoms. The molecule has 0 atom stereocenters. The number of halogens is 1. The molecule has 2 N–H and O–H groups in total. The van der Waals surface area contributed by atoms with Crippen LogP contribution in [0.15, 0.2) is 18.2 Å². The van der Waals surface area contributed by atoms with Gasteiger partial charge >= 0.3 is 0 Å². The summed E-state index contributed by atoms with van der Waals surface area (Å²) in [5, 5.41) is 1.72. The molecule has 1 heterocycles. The Morgan fingerprint density at radius 1 is 1.40 bits per heavy atom. The molecule has 15 heavy (non-hydrogen) atoms. The van der Waals surface area contributed by atoms with Crippen LogP contribution >= 0.6 is 11.6 Å². The van der Waals surface area contributed by atoms with E-state index in [-0.39, 0.29) is 0 Å². The van der Waals surface area contributed by atoms with Crippen molar-refractivity contribution in [1.82, 2.24) is 4.57 Å². The fraction of sp³-hybridized carbons (Fsp3) is 0.273. The summed E-state index contributed by atoms with van der Waals surface area (Å²) in [4.78, 5) is 0. The number of fused-ring (bicyclic) bond motifs is 1. The van der Waals surface area contributed by atoms with Crippen LogP contribution in [0.2, 0.25) is 5.02 Å². The summed E-state index contributed by atoms with van der Waals surface area (Å²) in [5.41, 5.74) is 7.75. The zero-order valence-electron chi connectivity index (χ0n) is 8.75. The Morgan fingerprint density at radius 2 is 2.13 bits per heavy atom. The van der Waals surface area contributed by atoms with Crippen molar-refractivity contribution in [2.45, 2.75) is 6.54 Å². The smallest absolute Gasteiger partial charge is 0.129 e. The van der Waals surface area contributed by atoms with Crippen molar-refractivity contribution >= 4 is 22.5 Å². The van der Waals surface area contributed by atoms with Gasteiger partial charge in [0.15, 0.2) is 0 Å². The van der Waals surface area contributed by atoms with Crippen molar-refractivity contribution < 1.29 is 4.74 Å². The van der Waals surface area contributed by atoms with Gasteiger partial charge in [0.1, 0.15) is 5.75 Å². The molecular formula is C11H13ClN2O. The molecule has 0 unspecified atom stereocenters. The molecule has 0 radical (unpaired) electrons. The SMILES string of the molecule is COc1cc(Cl)cc2c1cc(CN)n2C. The molecule has 0 bridgehead atoms. The number of ether oxygens (including phenoxy) is 1. The first-order valence-corrected chi connectivity index (χ1v) is 5.07. The molecule has 80 valence electrons. The topological polar surface area (TPSA) is 40.2 Å². The van der Waals surface area contributed by atoms with E-state index in [1.54, 1.807) is 7.11 Å². The van der Waals surface area contributed by atoms with E-state index in [4.69, 9.17) is 22.1 Å². The second-order valence-electron chi connectivity index (χ2n) is 3.44. The van der Waals surface area contributed by atoms with Crippen molar-refractivity contribution in [3.05, 3.63) is 28.9 Å². The summed E-state index contributed by atoms with van der Waals surface area (Å²) in [7, 11) is 3.61. The normalized spacial score (nSPS) is 10.9. The first-order valence-electron chi connectivity index (χ1n) is 4.69. The van der Waals surface area contributed by atoms with Gasteiger partial charge in [-0.25, -0.2) is 0 Å². The third kappa shape index (κ3) is 1.58. The van der Waals surface area contributed by atoms with Crippen LogP contribution in [0.25, 0.3) is 10.9 Å². The standard InChI is InChI=1S/C11H13ClN2O/c1-14-8(6-13)5-9-10(14)3-7(12)4-11(9)15-2/h3-5H,6,13H2,1-2H3. The molecule has 2 rings (SSSR count). The summed E-state index contributed by atoms with van der Waals surface area (Å²) in [6.07, 6.45) is 0. The number of methoxy groups -OCH3 is 1. The van der Waals surface area contributed by atoms with E-state index < -0.39 is 0 Å². The molecule has 0 aliphatic carbocycles. The molecule has 0 amide bonds. The lowest BCUT2D eigenvalue weighted by Gasteiger charge is -2.04. The fourth-order valence-electron chi connectivity index (χ4n) is 1.78. The van der Waals surface area contributed by atoms with Crippen LogP contribution in [0.1, 0.15) is 5.69 Å². The van der Waals surface area contributed by atoms with Crippen molar-refractivity contribution in [3.63, 3.8) is 0 Å². The van der Waals surface area contributed by atoms with Crippen LogP contribution < -0.4 is 10.5 Å². The van der Waals surface area contributed by atoms with E-state index >= 15 is 0 Å². The Bertz CT molecular complexity index is 505. The molecule has 0 aliphatic heterocycles. The van der Waals surface area contributed by atoms with Gasteiger partial charge in [0.05, 0.1) is 12.6 Å². The Balaban J connectivity index is 2.81. The Morgan fingerprint density at radius 3 is 2.73 bits per heavy atom. The van der Waals surface area contributed by atoms with E-state index in [9.17, 15) is 0 Å². The van der Waals surface area contributed by atoms with Crippen LogP contribution in [-0.2, 0) is 13.6 Å². The Hall–Kier alpha value is -1.19. The maximum Gasteiger partial charge on any atom is 0.129 e. The van der Waals surface area contributed by atoms with Crippen LogP contribution in [0.5, 0.6) is 5.75 Å². The first-order chi connectivity index (χ1) is 7.17. The van der Waals surface area contributed by atoms with E-state index in [1.165, 1.54) is 0 Å². The number of aryl methyl sites for hydroxylation is 1. The average Bonchev–Trinajstić information content (AvgIpc) is 2.55. The molecule has 0 fully saturated rings. The van der Waals surface area contributed by atoms with Crippen LogP contribution in [0.4, 0.5) is 0 Å². The lowest BCUT2D eigenvalue weighted by Crippen LogP contribution is -2.02. The number of hydrogen-bond acceptors (Lipinski definition) is 2. The second kappa shape index (κ2) is 3.76. The minimum absolute atomic E-state index is 0.506. The lowest BCUT2D eigenvalue weighted by atomic mass is 10.2. The van der Waals surface area contributed by atoms with Crippen LogP contribution in [-0.4, -0.2) is 11.7 Å². The van der Waals surface area contributed by atoms with Crippen LogP contribution in [0.3, 0.4) is 0 Å². The molecule has 0 saturated heterocycles. The van der Waals surface area contributed by atoms with Crippen molar-refractivity contribution in [2.24, 2.45) is 12.8 Å².